The maximum Gasteiger partial charge on any atom is 0.307 e. The number of benzene rings is 2. The van der Waals surface area contributed by atoms with Crippen LogP contribution in [0.4, 0.5) is 0 Å². The lowest BCUT2D eigenvalue weighted by Gasteiger charge is -2.17. The third-order valence-electron chi connectivity index (χ3n) is 3.81. The summed E-state index contributed by atoms with van der Waals surface area (Å²) in [5.74, 6) is 0.401. The van der Waals surface area contributed by atoms with Crippen LogP contribution in [0.2, 0.25) is 0 Å². The molecule has 0 aromatic heterocycles. The zero-order valence-electron chi connectivity index (χ0n) is 15.2. The van der Waals surface area contributed by atoms with Gasteiger partial charge < -0.3 is 14.8 Å². The van der Waals surface area contributed by atoms with E-state index >= 15 is 0 Å². The van der Waals surface area contributed by atoms with E-state index in [9.17, 15) is 9.59 Å². The van der Waals surface area contributed by atoms with Crippen LogP contribution in [-0.4, -0.2) is 25.5 Å². The van der Waals surface area contributed by atoms with Crippen LogP contribution < -0.4 is 10.1 Å². The van der Waals surface area contributed by atoms with Crippen molar-refractivity contribution in [2.45, 2.75) is 33.8 Å². The van der Waals surface area contributed by atoms with Gasteiger partial charge in [0, 0.05) is 12.0 Å². The zero-order valence-corrected chi connectivity index (χ0v) is 15.2. The molecule has 0 fully saturated rings. The van der Waals surface area contributed by atoms with Crippen molar-refractivity contribution in [2.75, 3.05) is 13.7 Å². The molecular formula is C20H25NO4. The van der Waals surface area contributed by atoms with Gasteiger partial charge in [0.2, 0.25) is 5.91 Å². The van der Waals surface area contributed by atoms with Crippen LogP contribution in [0.3, 0.4) is 0 Å². The lowest BCUT2D eigenvalue weighted by atomic mass is 9.96. The second kappa shape index (κ2) is 8.01. The molecule has 134 valence electrons. The number of rotatable bonds is 6. The van der Waals surface area contributed by atoms with Crippen LogP contribution in [0.25, 0.3) is 10.8 Å². The molecule has 1 N–H and O–H groups in total. The number of esters is 1. The maximum atomic E-state index is 11.8. The summed E-state index contributed by atoms with van der Waals surface area (Å²) in [5, 5.41) is 4.87. The second-order valence-corrected chi connectivity index (χ2v) is 6.96. The van der Waals surface area contributed by atoms with E-state index < -0.39 is 5.41 Å². The molecule has 0 aliphatic heterocycles. The van der Waals surface area contributed by atoms with Crippen LogP contribution in [0.15, 0.2) is 36.4 Å². The quantitative estimate of drug-likeness (QED) is 0.816. The number of ether oxygens (including phenoxy) is 2. The monoisotopic (exact) mass is 343 g/mol. The molecule has 2 rings (SSSR count). The molecule has 0 saturated heterocycles. The van der Waals surface area contributed by atoms with Gasteiger partial charge in [0.05, 0.1) is 13.5 Å². The molecule has 2 aromatic carbocycles. The molecule has 0 radical (unpaired) electrons. The molecule has 0 aliphatic rings. The largest absolute Gasteiger partial charge is 0.497 e. The van der Waals surface area contributed by atoms with Gasteiger partial charge in [-0.15, -0.1) is 0 Å². The summed E-state index contributed by atoms with van der Waals surface area (Å²) >= 11 is 0. The van der Waals surface area contributed by atoms with Crippen molar-refractivity contribution in [3.8, 4) is 5.75 Å². The second-order valence-electron chi connectivity index (χ2n) is 6.96. The minimum Gasteiger partial charge on any atom is -0.497 e. The van der Waals surface area contributed by atoms with Crippen molar-refractivity contribution in [1.82, 2.24) is 5.32 Å². The Morgan fingerprint density at radius 2 is 1.72 bits per heavy atom. The summed E-state index contributed by atoms with van der Waals surface area (Å²) in [6.45, 7) is 5.99. The highest BCUT2D eigenvalue weighted by Gasteiger charge is 2.20. The van der Waals surface area contributed by atoms with Crippen molar-refractivity contribution in [3.63, 3.8) is 0 Å². The summed E-state index contributed by atoms with van der Waals surface area (Å²) in [5.41, 5.74) is 0.460. The van der Waals surface area contributed by atoms with Gasteiger partial charge in [0.1, 0.15) is 12.4 Å². The Morgan fingerprint density at radius 3 is 2.40 bits per heavy atom. The van der Waals surface area contributed by atoms with Gasteiger partial charge in [0.15, 0.2) is 0 Å². The van der Waals surface area contributed by atoms with Crippen LogP contribution >= 0.6 is 0 Å². The van der Waals surface area contributed by atoms with Crippen molar-refractivity contribution in [2.24, 2.45) is 5.41 Å². The fourth-order valence-electron chi connectivity index (χ4n) is 2.27. The number of fused-ring (bicyclic) bond motifs is 1. The Balaban J connectivity index is 1.83. The van der Waals surface area contributed by atoms with Gasteiger partial charge in [0.25, 0.3) is 0 Å². The number of nitrogens with one attached hydrogen (secondary N) is 1. The first kappa shape index (κ1) is 18.8. The molecule has 0 aliphatic carbocycles. The molecule has 0 atom stereocenters. The van der Waals surface area contributed by atoms with E-state index in [2.05, 4.69) is 5.32 Å². The van der Waals surface area contributed by atoms with Crippen molar-refractivity contribution in [3.05, 3.63) is 42.0 Å². The molecule has 0 unspecified atom stereocenters. The predicted molar refractivity (Wildman–Crippen MR) is 97.4 cm³/mol. The smallest absolute Gasteiger partial charge is 0.307 e. The van der Waals surface area contributed by atoms with E-state index in [1.165, 1.54) is 0 Å². The Morgan fingerprint density at radius 1 is 1.04 bits per heavy atom. The maximum absolute atomic E-state index is 11.8. The van der Waals surface area contributed by atoms with Gasteiger partial charge >= 0.3 is 5.97 Å². The summed E-state index contributed by atoms with van der Waals surface area (Å²) in [4.78, 5) is 23.5. The van der Waals surface area contributed by atoms with Crippen LogP contribution in [0.1, 0.15) is 32.8 Å². The van der Waals surface area contributed by atoms with Crippen molar-refractivity contribution >= 4 is 22.6 Å². The Hall–Kier alpha value is -2.56. The number of amides is 1. The van der Waals surface area contributed by atoms with E-state index in [1.807, 2.05) is 57.2 Å². The fourth-order valence-corrected chi connectivity index (χ4v) is 2.27. The van der Waals surface area contributed by atoms with Gasteiger partial charge in [-0.1, -0.05) is 39.0 Å². The molecule has 0 heterocycles. The summed E-state index contributed by atoms with van der Waals surface area (Å²) in [6.07, 6.45) is 0.159. The molecule has 1 amide bonds. The Labute approximate surface area is 148 Å². The molecule has 0 saturated carbocycles. The van der Waals surface area contributed by atoms with E-state index in [-0.39, 0.29) is 31.4 Å². The highest BCUT2D eigenvalue weighted by molar-refractivity contribution is 5.84. The average Bonchev–Trinajstić information content (AvgIpc) is 2.58. The van der Waals surface area contributed by atoms with E-state index in [4.69, 9.17) is 9.47 Å². The van der Waals surface area contributed by atoms with Gasteiger partial charge in [-0.3, -0.25) is 9.59 Å². The third-order valence-corrected chi connectivity index (χ3v) is 3.81. The average molecular weight is 343 g/mol. The highest BCUT2D eigenvalue weighted by Crippen LogP contribution is 2.22. The number of carbonyl (C=O) groups excluding carboxylic acids is 2. The number of hydrogen-bond donors (Lipinski definition) is 1. The number of carbonyl (C=O) groups is 2. The minimum absolute atomic E-state index is 0.0785. The zero-order chi connectivity index (χ0) is 18.4. The van der Waals surface area contributed by atoms with Crippen LogP contribution in [-0.2, 0) is 20.9 Å². The molecule has 5 nitrogen and oxygen atoms in total. The molecular weight excluding hydrogens is 318 g/mol. The molecule has 2 aromatic rings. The predicted octanol–water partition coefficient (Wildman–Crippen LogP) is 3.44. The van der Waals surface area contributed by atoms with Crippen LogP contribution in [0.5, 0.6) is 5.75 Å². The molecule has 0 bridgehead atoms. The van der Waals surface area contributed by atoms with Gasteiger partial charge in [-0.05, 0) is 34.5 Å². The summed E-state index contributed by atoms with van der Waals surface area (Å²) in [7, 11) is 1.64. The standard InChI is InChI=1S/C20H25NO4/c1-20(2,3)19(23)21-10-9-18(22)25-13-14-5-6-16-12-17(24-4)8-7-15(16)11-14/h5-8,11-12H,9-10,13H2,1-4H3,(H,21,23). The van der Waals surface area contributed by atoms with Gasteiger partial charge in [-0.25, -0.2) is 0 Å². The fraction of sp³-hybridized carbons (Fsp3) is 0.400. The first-order chi connectivity index (χ1) is 11.8. The lowest BCUT2D eigenvalue weighted by Crippen LogP contribution is -2.36. The van der Waals surface area contributed by atoms with Gasteiger partial charge in [-0.2, -0.15) is 0 Å². The molecule has 25 heavy (non-hydrogen) atoms. The summed E-state index contributed by atoms with van der Waals surface area (Å²) < 4.78 is 10.5. The van der Waals surface area contributed by atoms with E-state index in [0.29, 0.717) is 0 Å². The Kier molecular flexibility index (Phi) is 6.02. The normalized spacial score (nSPS) is 11.2. The van der Waals surface area contributed by atoms with Crippen molar-refractivity contribution < 1.29 is 19.1 Å². The number of hydrogen-bond acceptors (Lipinski definition) is 4. The number of methoxy groups -OCH3 is 1. The van der Waals surface area contributed by atoms with Crippen molar-refractivity contribution in [1.29, 1.82) is 0 Å². The Bertz CT molecular complexity index is 762. The highest BCUT2D eigenvalue weighted by atomic mass is 16.5. The minimum atomic E-state index is -0.461. The summed E-state index contributed by atoms with van der Waals surface area (Å²) in [6, 6.07) is 11.7. The SMILES string of the molecule is COc1ccc2cc(COC(=O)CCNC(=O)C(C)(C)C)ccc2c1. The third kappa shape index (κ3) is 5.48. The van der Waals surface area contributed by atoms with E-state index in [0.717, 1.165) is 22.1 Å². The lowest BCUT2D eigenvalue weighted by molar-refractivity contribution is -0.144. The molecule has 0 spiro atoms. The van der Waals surface area contributed by atoms with E-state index in [1.54, 1.807) is 7.11 Å². The van der Waals surface area contributed by atoms with Crippen LogP contribution in [0, 0.1) is 5.41 Å². The molecule has 5 heteroatoms. The topological polar surface area (TPSA) is 64.6 Å². The first-order valence-electron chi connectivity index (χ1n) is 8.30. The first-order valence-corrected chi connectivity index (χ1v) is 8.30.